The summed E-state index contributed by atoms with van der Waals surface area (Å²) in [5.74, 6) is 1.60. The second kappa shape index (κ2) is 6.29. The number of rotatable bonds is 5. The number of thiazole rings is 1. The molecule has 1 aliphatic rings. The number of carbonyl (C=O) groups is 1. The Bertz CT molecular complexity index is 339. The maximum Gasteiger partial charge on any atom is 0.142 e. The van der Waals surface area contributed by atoms with E-state index in [9.17, 15) is 4.79 Å². The van der Waals surface area contributed by atoms with Gasteiger partial charge in [-0.2, -0.15) is 0 Å². The minimum absolute atomic E-state index is 0.312. The number of hydrogen-bond donors (Lipinski definition) is 0. The fourth-order valence-corrected chi connectivity index (χ4v) is 3.44. The summed E-state index contributed by atoms with van der Waals surface area (Å²) in [5, 5.41) is 2.92. The molecule has 0 aromatic carbocycles. The highest BCUT2D eigenvalue weighted by molar-refractivity contribution is 7.09. The number of Topliss-reactive ketones (excluding diaryl/α,β-unsaturated/α-hetero) is 1. The van der Waals surface area contributed by atoms with E-state index >= 15 is 0 Å². The molecule has 0 saturated heterocycles. The molecule has 0 unspecified atom stereocenters. The zero-order valence-electron chi connectivity index (χ0n) is 10.5. The van der Waals surface area contributed by atoms with Gasteiger partial charge in [-0.25, -0.2) is 4.98 Å². The van der Waals surface area contributed by atoms with E-state index in [0.29, 0.717) is 18.1 Å². The standard InChI is InChI=1S/C14H21NOS/c1-2-3-11-4-6-12(7-5-11)13(16)10-14-15-8-9-17-14/h8-9,11-12H,2-7,10H2,1H3. The topological polar surface area (TPSA) is 30.0 Å². The smallest absolute Gasteiger partial charge is 0.142 e. The van der Waals surface area contributed by atoms with E-state index in [1.165, 1.54) is 25.7 Å². The lowest BCUT2D eigenvalue weighted by atomic mass is 9.78. The molecule has 0 spiro atoms. The Labute approximate surface area is 107 Å². The molecule has 0 aliphatic heterocycles. The number of ketones is 1. The van der Waals surface area contributed by atoms with Crippen LogP contribution in [0.4, 0.5) is 0 Å². The first-order valence-corrected chi connectivity index (χ1v) is 7.58. The molecule has 0 amide bonds. The minimum atomic E-state index is 0.312. The number of aromatic nitrogens is 1. The summed E-state index contributed by atoms with van der Waals surface area (Å²) in [6.07, 6.45) is 9.68. The molecule has 0 bridgehead atoms. The van der Waals surface area contributed by atoms with E-state index < -0.39 is 0 Å². The van der Waals surface area contributed by atoms with E-state index in [4.69, 9.17) is 0 Å². The van der Waals surface area contributed by atoms with Crippen LogP contribution in [0.25, 0.3) is 0 Å². The van der Waals surface area contributed by atoms with E-state index in [0.717, 1.165) is 23.8 Å². The number of nitrogens with zero attached hydrogens (tertiary/aromatic N) is 1. The summed E-state index contributed by atoms with van der Waals surface area (Å²) in [5.41, 5.74) is 0. The Morgan fingerprint density at radius 2 is 2.18 bits per heavy atom. The van der Waals surface area contributed by atoms with Crippen LogP contribution in [0.2, 0.25) is 0 Å². The summed E-state index contributed by atoms with van der Waals surface area (Å²) >= 11 is 1.59. The summed E-state index contributed by atoms with van der Waals surface area (Å²) in [4.78, 5) is 16.3. The van der Waals surface area contributed by atoms with Gasteiger partial charge in [0.1, 0.15) is 5.78 Å². The molecule has 1 aromatic heterocycles. The maximum absolute atomic E-state index is 12.1. The van der Waals surface area contributed by atoms with Crippen LogP contribution in [-0.2, 0) is 11.2 Å². The Kier molecular flexibility index (Phi) is 4.72. The van der Waals surface area contributed by atoms with Gasteiger partial charge in [0.25, 0.3) is 0 Å². The van der Waals surface area contributed by atoms with Crippen LogP contribution < -0.4 is 0 Å². The van der Waals surface area contributed by atoms with Crippen LogP contribution in [0.3, 0.4) is 0 Å². The van der Waals surface area contributed by atoms with Gasteiger partial charge in [-0.1, -0.05) is 19.8 Å². The Morgan fingerprint density at radius 1 is 1.41 bits per heavy atom. The van der Waals surface area contributed by atoms with Crippen molar-refractivity contribution in [1.29, 1.82) is 0 Å². The number of hydrogen-bond acceptors (Lipinski definition) is 3. The van der Waals surface area contributed by atoms with Crippen molar-refractivity contribution >= 4 is 17.1 Å². The molecule has 1 fully saturated rings. The molecule has 94 valence electrons. The third kappa shape index (κ3) is 3.63. The lowest BCUT2D eigenvalue weighted by Gasteiger charge is -2.27. The van der Waals surface area contributed by atoms with E-state index in [1.807, 2.05) is 5.38 Å². The van der Waals surface area contributed by atoms with Crippen LogP contribution in [-0.4, -0.2) is 10.8 Å². The van der Waals surface area contributed by atoms with Gasteiger partial charge in [-0.15, -0.1) is 11.3 Å². The van der Waals surface area contributed by atoms with Crippen LogP contribution in [0.15, 0.2) is 11.6 Å². The molecule has 0 atom stereocenters. The summed E-state index contributed by atoms with van der Waals surface area (Å²) < 4.78 is 0. The predicted molar refractivity (Wildman–Crippen MR) is 71.2 cm³/mol. The zero-order chi connectivity index (χ0) is 12.1. The largest absolute Gasteiger partial charge is 0.299 e. The van der Waals surface area contributed by atoms with Crippen molar-refractivity contribution in [3.05, 3.63) is 16.6 Å². The average molecular weight is 251 g/mol. The minimum Gasteiger partial charge on any atom is -0.299 e. The van der Waals surface area contributed by atoms with Crippen LogP contribution in [0, 0.1) is 11.8 Å². The molecule has 2 rings (SSSR count). The first-order valence-electron chi connectivity index (χ1n) is 6.70. The summed E-state index contributed by atoms with van der Waals surface area (Å²) in [7, 11) is 0. The van der Waals surface area contributed by atoms with E-state index in [2.05, 4.69) is 11.9 Å². The van der Waals surface area contributed by atoms with Gasteiger partial charge < -0.3 is 0 Å². The quantitative estimate of drug-likeness (QED) is 0.795. The molecular formula is C14H21NOS. The molecule has 3 heteroatoms. The highest BCUT2D eigenvalue weighted by atomic mass is 32.1. The fraction of sp³-hybridized carbons (Fsp3) is 0.714. The van der Waals surface area contributed by atoms with Crippen molar-refractivity contribution in [1.82, 2.24) is 4.98 Å². The van der Waals surface area contributed by atoms with Crippen LogP contribution in [0.1, 0.15) is 50.5 Å². The van der Waals surface area contributed by atoms with Gasteiger partial charge in [0.2, 0.25) is 0 Å². The van der Waals surface area contributed by atoms with Crippen molar-refractivity contribution in [2.45, 2.75) is 51.9 Å². The van der Waals surface area contributed by atoms with Gasteiger partial charge in [0, 0.05) is 17.5 Å². The molecule has 0 radical (unpaired) electrons. The fourth-order valence-electron chi connectivity index (χ4n) is 2.82. The number of carbonyl (C=O) groups excluding carboxylic acids is 1. The van der Waals surface area contributed by atoms with E-state index in [1.54, 1.807) is 17.5 Å². The summed E-state index contributed by atoms with van der Waals surface area (Å²) in [6, 6.07) is 0. The SMILES string of the molecule is CCCC1CCC(C(=O)Cc2nccs2)CC1. The lowest BCUT2D eigenvalue weighted by Crippen LogP contribution is -2.23. The molecule has 1 saturated carbocycles. The Hall–Kier alpha value is -0.700. The van der Waals surface area contributed by atoms with Crippen molar-refractivity contribution in [2.75, 3.05) is 0 Å². The third-order valence-corrected chi connectivity index (χ3v) is 4.59. The van der Waals surface area contributed by atoms with Crippen molar-refractivity contribution in [3.8, 4) is 0 Å². The lowest BCUT2D eigenvalue weighted by molar-refractivity contribution is -0.123. The molecule has 1 aliphatic carbocycles. The molecule has 1 aromatic rings. The monoisotopic (exact) mass is 251 g/mol. The second-order valence-corrected chi connectivity index (χ2v) is 6.05. The highest BCUT2D eigenvalue weighted by Gasteiger charge is 2.25. The van der Waals surface area contributed by atoms with Gasteiger partial charge in [-0.3, -0.25) is 4.79 Å². The zero-order valence-corrected chi connectivity index (χ0v) is 11.3. The first-order chi connectivity index (χ1) is 8.29. The van der Waals surface area contributed by atoms with E-state index in [-0.39, 0.29) is 0 Å². The van der Waals surface area contributed by atoms with Crippen LogP contribution in [0.5, 0.6) is 0 Å². The van der Waals surface area contributed by atoms with Crippen molar-refractivity contribution in [2.24, 2.45) is 11.8 Å². The van der Waals surface area contributed by atoms with Gasteiger partial charge >= 0.3 is 0 Å². The van der Waals surface area contributed by atoms with Gasteiger partial charge in [-0.05, 0) is 31.6 Å². The predicted octanol–water partition coefficient (Wildman–Crippen LogP) is 3.86. The molecule has 17 heavy (non-hydrogen) atoms. The van der Waals surface area contributed by atoms with Crippen molar-refractivity contribution in [3.63, 3.8) is 0 Å². The molecule has 0 N–H and O–H groups in total. The Balaban J connectivity index is 1.78. The highest BCUT2D eigenvalue weighted by Crippen LogP contribution is 2.32. The molecular weight excluding hydrogens is 230 g/mol. The average Bonchev–Trinajstić information content (AvgIpc) is 2.83. The van der Waals surface area contributed by atoms with Gasteiger partial charge in [0.15, 0.2) is 0 Å². The summed E-state index contributed by atoms with van der Waals surface area (Å²) in [6.45, 7) is 2.25. The molecule has 1 heterocycles. The van der Waals surface area contributed by atoms with Gasteiger partial charge in [0.05, 0.1) is 11.4 Å². The maximum atomic E-state index is 12.1. The van der Waals surface area contributed by atoms with Crippen molar-refractivity contribution < 1.29 is 4.79 Å². The third-order valence-electron chi connectivity index (χ3n) is 3.81. The normalized spacial score (nSPS) is 24.8. The second-order valence-electron chi connectivity index (χ2n) is 5.08. The van der Waals surface area contributed by atoms with Crippen LogP contribution >= 0.6 is 11.3 Å². The Morgan fingerprint density at radius 3 is 2.76 bits per heavy atom. The first kappa shape index (κ1) is 12.7. The molecule has 2 nitrogen and oxygen atoms in total.